The van der Waals surface area contributed by atoms with Gasteiger partial charge in [-0.3, -0.25) is 4.90 Å². The summed E-state index contributed by atoms with van der Waals surface area (Å²) in [5.74, 6) is 0. The molecule has 13 heavy (non-hydrogen) atoms. The zero-order valence-corrected chi connectivity index (χ0v) is 8.63. The van der Waals surface area contributed by atoms with Gasteiger partial charge in [-0.2, -0.15) is 0 Å². The lowest BCUT2D eigenvalue weighted by atomic mass is 10.1. The fourth-order valence-corrected chi connectivity index (χ4v) is 1.59. The molecule has 0 radical (unpaired) electrons. The van der Waals surface area contributed by atoms with E-state index in [-0.39, 0.29) is 0 Å². The summed E-state index contributed by atoms with van der Waals surface area (Å²) in [6.45, 7) is 4.86. The van der Waals surface area contributed by atoms with Crippen molar-refractivity contribution in [3.63, 3.8) is 0 Å². The first-order valence-electron chi connectivity index (χ1n) is 5.22. The third-order valence-electron chi connectivity index (χ3n) is 2.36. The summed E-state index contributed by atoms with van der Waals surface area (Å²) in [7, 11) is 1.73. The topological polar surface area (TPSA) is 21.7 Å². The maximum Gasteiger partial charge on any atom is 0.0990 e. The van der Waals surface area contributed by atoms with E-state index < -0.39 is 0 Å². The Bertz CT molecular complexity index is 113. The van der Waals surface area contributed by atoms with Gasteiger partial charge >= 0.3 is 0 Å². The fourth-order valence-electron chi connectivity index (χ4n) is 1.59. The highest BCUT2D eigenvalue weighted by atomic mass is 16.5. The lowest BCUT2D eigenvalue weighted by Gasteiger charge is -2.25. The van der Waals surface area contributed by atoms with Crippen LogP contribution in [0.4, 0.5) is 0 Å². The van der Waals surface area contributed by atoms with Crippen molar-refractivity contribution in [2.24, 2.45) is 0 Å². The minimum absolute atomic E-state index is 0.806. The number of likely N-dealkylation sites (tertiary alicyclic amines) is 1. The molecule has 1 heterocycles. The molecular formula is C10H21NO2. The van der Waals surface area contributed by atoms with Crippen molar-refractivity contribution in [2.45, 2.75) is 25.7 Å². The molecule has 0 amide bonds. The van der Waals surface area contributed by atoms with E-state index in [4.69, 9.17) is 9.47 Å². The van der Waals surface area contributed by atoms with Crippen LogP contribution in [0.25, 0.3) is 0 Å². The van der Waals surface area contributed by atoms with E-state index in [1.807, 2.05) is 0 Å². The summed E-state index contributed by atoms with van der Waals surface area (Å²) in [6.07, 6.45) is 5.06. The standard InChI is InChI=1S/C10H21NO2/c1-12-8-5-9-13-10-11-6-3-2-4-7-11/h2-10H2,1H3. The Labute approximate surface area is 81.0 Å². The summed E-state index contributed by atoms with van der Waals surface area (Å²) in [5, 5.41) is 0. The van der Waals surface area contributed by atoms with Gasteiger partial charge in [0.15, 0.2) is 0 Å². The highest BCUT2D eigenvalue weighted by molar-refractivity contribution is 4.60. The molecule has 3 heteroatoms. The van der Waals surface area contributed by atoms with E-state index in [1.54, 1.807) is 7.11 Å². The van der Waals surface area contributed by atoms with Crippen molar-refractivity contribution in [3.8, 4) is 0 Å². The fraction of sp³-hybridized carbons (Fsp3) is 1.00. The van der Waals surface area contributed by atoms with Gasteiger partial charge in [-0.05, 0) is 19.3 Å². The molecule has 1 rings (SSSR count). The van der Waals surface area contributed by atoms with Crippen LogP contribution < -0.4 is 0 Å². The van der Waals surface area contributed by atoms with E-state index >= 15 is 0 Å². The molecule has 0 aromatic rings. The highest BCUT2D eigenvalue weighted by Crippen LogP contribution is 2.07. The molecule has 0 aliphatic carbocycles. The number of hydrogen-bond acceptors (Lipinski definition) is 3. The van der Waals surface area contributed by atoms with Gasteiger partial charge in [0.05, 0.1) is 13.3 Å². The minimum Gasteiger partial charge on any atom is -0.385 e. The van der Waals surface area contributed by atoms with Crippen molar-refractivity contribution in [2.75, 3.05) is 40.1 Å². The van der Waals surface area contributed by atoms with Crippen molar-refractivity contribution in [3.05, 3.63) is 0 Å². The first-order chi connectivity index (χ1) is 6.43. The molecular weight excluding hydrogens is 166 g/mol. The van der Waals surface area contributed by atoms with Crippen LogP contribution in [0, 0.1) is 0 Å². The average Bonchev–Trinajstić information content (AvgIpc) is 2.19. The van der Waals surface area contributed by atoms with Crippen LogP contribution >= 0.6 is 0 Å². The molecule has 1 saturated heterocycles. The van der Waals surface area contributed by atoms with Crippen LogP contribution in [0.15, 0.2) is 0 Å². The smallest absolute Gasteiger partial charge is 0.0990 e. The minimum atomic E-state index is 0.806. The van der Waals surface area contributed by atoms with Crippen LogP contribution in [-0.4, -0.2) is 45.0 Å². The first kappa shape index (κ1) is 11.0. The Morgan fingerprint density at radius 3 is 2.54 bits per heavy atom. The second kappa shape index (κ2) is 7.30. The molecule has 1 aliphatic rings. The van der Waals surface area contributed by atoms with Crippen LogP contribution in [0.5, 0.6) is 0 Å². The van der Waals surface area contributed by atoms with Gasteiger partial charge < -0.3 is 9.47 Å². The zero-order chi connectivity index (χ0) is 9.36. The lowest BCUT2D eigenvalue weighted by Crippen LogP contribution is -2.32. The summed E-state index contributed by atoms with van der Waals surface area (Å²) < 4.78 is 10.5. The predicted molar refractivity (Wildman–Crippen MR) is 52.7 cm³/mol. The number of piperidine rings is 1. The van der Waals surface area contributed by atoms with Gasteiger partial charge in [0.25, 0.3) is 0 Å². The van der Waals surface area contributed by atoms with Crippen molar-refractivity contribution in [1.82, 2.24) is 4.90 Å². The number of nitrogens with zero attached hydrogens (tertiary/aromatic N) is 1. The molecule has 1 fully saturated rings. The quantitative estimate of drug-likeness (QED) is 0.588. The van der Waals surface area contributed by atoms with Crippen LogP contribution in [0.2, 0.25) is 0 Å². The second-order valence-electron chi connectivity index (χ2n) is 3.56. The molecule has 0 N–H and O–H groups in total. The third-order valence-corrected chi connectivity index (χ3v) is 2.36. The zero-order valence-electron chi connectivity index (χ0n) is 8.63. The Balaban J connectivity index is 1.86. The Hall–Kier alpha value is -0.120. The monoisotopic (exact) mass is 187 g/mol. The maximum atomic E-state index is 5.52. The van der Waals surface area contributed by atoms with Gasteiger partial charge in [-0.25, -0.2) is 0 Å². The molecule has 0 unspecified atom stereocenters. The Morgan fingerprint density at radius 2 is 1.85 bits per heavy atom. The first-order valence-corrected chi connectivity index (χ1v) is 5.22. The summed E-state index contributed by atoms with van der Waals surface area (Å²) in [5.41, 5.74) is 0. The van der Waals surface area contributed by atoms with E-state index in [0.717, 1.165) is 26.4 Å². The SMILES string of the molecule is COCCCOCN1CCCCC1. The second-order valence-corrected chi connectivity index (χ2v) is 3.56. The molecule has 1 aliphatic heterocycles. The van der Waals surface area contributed by atoms with Gasteiger partial charge in [0, 0.05) is 26.8 Å². The summed E-state index contributed by atoms with van der Waals surface area (Å²) >= 11 is 0. The van der Waals surface area contributed by atoms with Gasteiger partial charge in [-0.1, -0.05) is 6.42 Å². The molecule has 0 aromatic carbocycles. The predicted octanol–water partition coefficient (Wildman–Crippen LogP) is 1.48. The largest absolute Gasteiger partial charge is 0.385 e. The van der Waals surface area contributed by atoms with Gasteiger partial charge in [0.1, 0.15) is 0 Å². The molecule has 78 valence electrons. The Morgan fingerprint density at radius 1 is 1.08 bits per heavy atom. The van der Waals surface area contributed by atoms with Crippen molar-refractivity contribution < 1.29 is 9.47 Å². The highest BCUT2D eigenvalue weighted by Gasteiger charge is 2.08. The van der Waals surface area contributed by atoms with Gasteiger partial charge in [0.2, 0.25) is 0 Å². The molecule has 0 bridgehead atoms. The number of ether oxygens (including phenoxy) is 2. The molecule has 3 nitrogen and oxygen atoms in total. The molecule has 0 atom stereocenters. The molecule has 0 saturated carbocycles. The number of methoxy groups -OCH3 is 1. The van der Waals surface area contributed by atoms with E-state index in [0.29, 0.717) is 0 Å². The van der Waals surface area contributed by atoms with Crippen LogP contribution in [0.3, 0.4) is 0 Å². The van der Waals surface area contributed by atoms with Crippen molar-refractivity contribution >= 4 is 0 Å². The van der Waals surface area contributed by atoms with Crippen LogP contribution in [-0.2, 0) is 9.47 Å². The normalized spacial score (nSPS) is 19.2. The van der Waals surface area contributed by atoms with Crippen LogP contribution in [0.1, 0.15) is 25.7 Å². The van der Waals surface area contributed by atoms with E-state index in [1.165, 1.54) is 32.4 Å². The molecule has 0 aromatic heterocycles. The third kappa shape index (κ3) is 5.24. The van der Waals surface area contributed by atoms with E-state index in [9.17, 15) is 0 Å². The number of rotatable bonds is 6. The summed E-state index contributed by atoms with van der Waals surface area (Å²) in [4.78, 5) is 2.39. The maximum absolute atomic E-state index is 5.52. The van der Waals surface area contributed by atoms with E-state index in [2.05, 4.69) is 4.90 Å². The number of hydrogen-bond donors (Lipinski definition) is 0. The molecule has 0 spiro atoms. The Kier molecular flexibility index (Phi) is 6.15. The van der Waals surface area contributed by atoms with Crippen molar-refractivity contribution in [1.29, 1.82) is 0 Å². The average molecular weight is 187 g/mol. The lowest BCUT2D eigenvalue weighted by molar-refractivity contribution is 0.0113. The van der Waals surface area contributed by atoms with Gasteiger partial charge in [-0.15, -0.1) is 0 Å². The summed E-state index contributed by atoms with van der Waals surface area (Å²) in [6, 6.07) is 0.